The summed E-state index contributed by atoms with van der Waals surface area (Å²) in [6.07, 6.45) is 0. The Morgan fingerprint density at radius 3 is 1.50 bits per heavy atom. The van der Waals surface area contributed by atoms with E-state index >= 15 is 0 Å². The normalized spacial score (nSPS) is 2.00. The van der Waals surface area contributed by atoms with Crippen LogP contribution in [-0.2, 0) is 24.3 Å². The Morgan fingerprint density at radius 2 is 1.50 bits per heavy atom. The van der Waals surface area contributed by atoms with Gasteiger partial charge < -0.3 is 5.11 Å². The molecule has 0 aromatic heterocycles. The third kappa shape index (κ3) is 134. The molecule has 2 nitrogen and oxygen atoms in total. The molecule has 1 N–H and O–H groups in total. The van der Waals surface area contributed by atoms with Gasteiger partial charge in [-0.3, -0.25) is 4.79 Å². The van der Waals surface area contributed by atoms with Crippen molar-refractivity contribution in [3.05, 3.63) is 0 Å². The maximum absolute atomic E-state index is 8.36. The summed E-state index contributed by atoms with van der Waals surface area (Å²) >= 11 is 0. The minimum absolute atomic E-state index is 0. The van der Waals surface area contributed by atoms with Crippen molar-refractivity contribution in [2.45, 2.75) is 7.43 Å². The van der Waals surface area contributed by atoms with Crippen LogP contribution in [0, 0.1) is 0 Å². The van der Waals surface area contributed by atoms with Gasteiger partial charge in [0.1, 0.15) is 0 Å². The van der Waals surface area contributed by atoms with E-state index in [-0.39, 0.29) is 52.2 Å². The van der Waals surface area contributed by atoms with Crippen molar-refractivity contribution in [1.29, 1.82) is 0 Å². The van der Waals surface area contributed by atoms with Gasteiger partial charge in [-0.05, 0) is 0 Å². The van der Waals surface area contributed by atoms with Crippen molar-refractivity contribution in [2.24, 2.45) is 0 Å². The quantitative estimate of drug-likeness (QED) is 0.365. The fourth-order valence-electron chi connectivity index (χ4n) is 0. The molecule has 0 saturated heterocycles. The van der Waals surface area contributed by atoms with Crippen LogP contribution in [0.4, 0.5) is 0 Å². The fourth-order valence-corrected chi connectivity index (χ4v) is 0. The van der Waals surface area contributed by atoms with E-state index in [9.17, 15) is 0 Å². The Kier molecular flexibility index (Phi) is 218. The fraction of sp³-hybridized carbons (Fsp3) is 0.500. The summed E-state index contributed by atoms with van der Waals surface area (Å²) in [6.45, 7) is -0.250. The monoisotopic (exact) mass is 134 g/mol. The largest absolute Gasteiger partial charge is 0 e. The molecule has 0 amide bonds. The first-order chi connectivity index (χ1) is 1.41. The minimum atomic E-state index is -0.250. The Balaban J connectivity index is -0.00000000667. The summed E-state index contributed by atoms with van der Waals surface area (Å²) in [5, 5.41) is 6.89. The predicted octanol–water partition coefficient (Wildman–Crippen LogP) is -0.314. The van der Waals surface area contributed by atoms with Crippen LogP contribution in [0.25, 0.3) is 0 Å². The standard InChI is InChI=1S/CH2O2.CH4.Li.Zn.H/c2-1-3;;;;/h1H,(H,2,3);1H4;;;. The second kappa shape index (κ2) is 43.8. The average Bonchev–Trinajstić information content (AvgIpc) is 0.918. The maximum Gasteiger partial charge on any atom is 0 e. The number of rotatable bonds is 0. The topological polar surface area (TPSA) is 37.3 Å². The average molecular weight is 135 g/mol. The van der Waals surface area contributed by atoms with Gasteiger partial charge in [-0.2, -0.15) is 0 Å². The molecule has 4 heteroatoms. The number of carbonyl (C=O) groups is 1. The van der Waals surface area contributed by atoms with Gasteiger partial charge in [0, 0.05) is 19.5 Å². The molecule has 0 radical (unpaired) electrons. The first-order valence-corrected chi connectivity index (χ1v) is 0.494. The third-order valence-corrected chi connectivity index (χ3v) is 0. The van der Waals surface area contributed by atoms with Gasteiger partial charge in [-0.1, -0.05) is 7.43 Å². The molecule has 0 saturated carbocycles. The van der Waals surface area contributed by atoms with Crippen molar-refractivity contribution in [3.63, 3.8) is 0 Å². The molecule has 0 spiro atoms. The van der Waals surface area contributed by atoms with Gasteiger partial charge in [0.2, 0.25) is 0 Å². The van der Waals surface area contributed by atoms with E-state index in [0.717, 1.165) is 0 Å². The number of carboxylic acid groups (broad SMARTS) is 1. The van der Waals surface area contributed by atoms with Gasteiger partial charge in [-0.15, -0.1) is 0 Å². The Labute approximate surface area is 62.2 Å². The van der Waals surface area contributed by atoms with Crippen molar-refractivity contribution in [2.75, 3.05) is 0 Å². The van der Waals surface area contributed by atoms with Crippen LogP contribution in [0.2, 0.25) is 0 Å². The summed E-state index contributed by atoms with van der Waals surface area (Å²) in [7, 11) is 0. The zero-order valence-corrected chi connectivity index (χ0v) is 5.11. The van der Waals surface area contributed by atoms with Crippen molar-refractivity contribution >= 4 is 25.3 Å². The molecule has 0 atom stereocenters. The molecule has 0 unspecified atom stereocenters. The Hall–Kier alpha value is 0.691. The molecular weight excluding hydrogens is 128 g/mol. The van der Waals surface area contributed by atoms with Crippen molar-refractivity contribution in [1.82, 2.24) is 0 Å². The zero-order valence-electron chi connectivity index (χ0n) is 2.14. The molecule has 0 rings (SSSR count). The van der Waals surface area contributed by atoms with Crippen LogP contribution in [0.5, 0.6) is 0 Å². The van der Waals surface area contributed by atoms with E-state index in [4.69, 9.17) is 9.90 Å². The molecule has 6 heavy (non-hydrogen) atoms. The van der Waals surface area contributed by atoms with Gasteiger partial charge in [-0.25, -0.2) is 0 Å². The molecule has 0 aliphatic carbocycles. The third-order valence-electron chi connectivity index (χ3n) is 0. The van der Waals surface area contributed by atoms with E-state index in [1.54, 1.807) is 0 Å². The molecule has 0 heterocycles. The van der Waals surface area contributed by atoms with Crippen molar-refractivity contribution < 1.29 is 29.4 Å². The molecule has 0 aromatic rings. The zero-order chi connectivity index (χ0) is 2.71. The van der Waals surface area contributed by atoms with Crippen LogP contribution in [0.3, 0.4) is 0 Å². The van der Waals surface area contributed by atoms with E-state index < -0.39 is 0 Å². The predicted molar refractivity (Wildman–Crippen MR) is 22.6 cm³/mol. The van der Waals surface area contributed by atoms with Crippen LogP contribution in [0.15, 0.2) is 0 Å². The Bertz CT molecular complexity index is 19.0. The SMILES string of the molecule is C.O=CO.[LiH].[Zn]. The van der Waals surface area contributed by atoms with Gasteiger partial charge in [0.05, 0.1) is 0 Å². The second-order valence-corrected chi connectivity index (χ2v) is 0.105. The Morgan fingerprint density at radius 1 is 1.50 bits per heavy atom. The van der Waals surface area contributed by atoms with Crippen LogP contribution < -0.4 is 0 Å². The van der Waals surface area contributed by atoms with Gasteiger partial charge >= 0.3 is 18.9 Å². The first kappa shape index (κ1) is 29.9. The van der Waals surface area contributed by atoms with E-state index in [1.807, 2.05) is 0 Å². The smallest absolute Gasteiger partial charge is 0 e. The summed E-state index contributed by atoms with van der Waals surface area (Å²) in [4.78, 5) is 8.36. The molecule has 30 valence electrons. The summed E-state index contributed by atoms with van der Waals surface area (Å²) in [6, 6.07) is 0. The molecule has 0 aliphatic heterocycles. The molecule has 0 aliphatic rings. The summed E-state index contributed by atoms with van der Waals surface area (Å²) in [5.41, 5.74) is 0. The molecule has 0 bridgehead atoms. The van der Waals surface area contributed by atoms with Crippen LogP contribution in [0.1, 0.15) is 7.43 Å². The number of hydrogen-bond donors (Lipinski definition) is 1. The van der Waals surface area contributed by atoms with Crippen LogP contribution >= 0.6 is 0 Å². The molecular formula is C2H7LiO2Zn. The minimum Gasteiger partial charge on any atom is 0 e. The number of hydrogen-bond acceptors (Lipinski definition) is 1. The van der Waals surface area contributed by atoms with E-state index in [0.29, 0.717) is 0 Å². The second-order valence-electron chi connectivity index (χ2n) is 0.105. The molecule has 0 fully saturated rings. The first-order valence-electron chi connectivity index (χ1n) is 0.494. The van der Waals surface area contributed by atoms with Crippen molar-refractivity contribution in [3.8, 4) is 0 Å². The molecule has 0 aromatic carbocycles. The van der Waals surface area contributed by atoms with Gasteiger partial charge in [0.25, 0.3) is 6.47 Å². The maximum atomic E-state index is 8.36. The van der Waals surface area contributed by atoms with Gasteiger partial charge in [0.15, 0.2) is 0 Å². The van der Waals surface area contributed by atoms with E-state index in [1.165, 1.54) is 0 Å². The van der Waals surface area contributed by atoms with E-state index in [2.05, 4.69) is 0 Å². The summed E-state index contributed by atoms with van der Waals surface area (Å²) in [5.74, 6) is 0. The van der Waals surface area contributed by atoms with Crippen LogP contribution in [-0.4, -0.2) is 30.4 Å². The summed E-state index contributed by atoms with van der Waals surface area (Å²) < 4.78 is 0.